The molecule has 6 rings (SSSR count). The van der Waals surface area contributed by atoms with Gasteiger partial charge in [0.2, 0.25) is 5.88 Å². The van der Waals surface area contributed by atoms with Gasteiger partial charge in [-0.15, -0.1) is 0 Å². The number of rotatable bonds is 11. The van der Waals surface area contributed by atoms with Gasteiger partial charge in [0.1, 0.15) is 35.5 Å². The Bertz CT molecular complexity index is 2030. The first-order valence-corrected chi connectivity index (χ1v) is 14.9. The van der Waals surface area contributed by atoms with E-state index in [1.807, 2.05) is 91.9 Å². The third-order valence-electron chi connectivity index (χ3n) is 7.59. The van der Waals surface area contributed by atoms with E-state index in [-0.39, 0.29) is 5.88 Å². The Morgan fingerprint density at radius 3 is 2.15 bits per heavy atom. The van der Waals surface area contributed by atoms with E-state index in [1.54, 1.807) is 20.4 Å². The van der Waals surface area contributed by atoms with Crippen molar-refractivity contribution in [2.75, 3.05) is 20.8 Å². The van der Waals surface area contributed by atoms with Gasteiger partial charge in [0, 0.05) is 17.3 Å². The van der Waals surface area contributed by atoms with E-state index in [9.17, 15) is 5.26 Å². The molecule has 0 bridgehead atoms. The maximum atomic E-state index is 10.3. The van der Waals surface area contributed by atoms with Crippen LogP contribution in [0.25, 0.3) is 33.2 Å². The second-order valence-electron chi connectivity index (χ2n) is 10.4. The molecule has 0 radical (unpaired) electrons. The van der Waals surface area contributed by atoms with Crippen LogP contribution in [0.2, 0.25) is 0 Å². The Hall–Kier alpha value is -6.00. The molecule has 1 heterocycles. The number of hydrogen-bond acceptors (Lipinski definition) is 7. The monoisotopic (exact) mass is 608 g/mol. The summed E-state index contributed by atoms with van der Waals surface area (Å²) in [5.74, 6) is 3.40. The summed E-state index contributed by atoms with van der Waals surface area (Å²) in [6, 6.07) is 37.4. The molecule has 5 aromatic carbocycles. The van der Waals surface area contributed by atoms with Crippen molar-refractivity contribution < 1.29 is 23.4 Å². The van der Waals surface area contributed by atoms with Crippen LogP contribution in [0.4, 0.5) is 5.88 Å². The summed E-state index contributed by atoms with van der Waals surface area (Å²) in [5.41, 5.74) is 4.42. The Morgan fingerprint density at radius 1 is 0.761 bits per heavy atom. The normalized spacial score (nSPS) is 11.0. The van der Waals surface area contributed by atoms with Gasteiger partial charge in [0.25, 0.3) is 0 Å². The highest BCUT2D eigenvalue weighted by molar-refractivity contribution is 5.90. The number of ether oxygens (including phenoxy) is 4. The van der Waals surface area contributed by atoms with Crippen LogP contribution in [0.5, 0.6) is 23.0 Å². The Labute approximate surface area is 267 Å². The number of benzene rings is 5. The predicted molar refractivity (Wildman–Crippen MR) is 181 cm³/mol. The van der Waals surface area contributed by atoms with E-state index in [2.05, 4.69) is 35.3 Å². The summed E-state index contributed by atoms with van der Waals surface area (Å²) >= 11 is 0. The van der Waals surface area contributed by atoms with Crippen molar-refractivity contribution in [1.29, 1.82) is 5.26 Å². The third kappa shape index (κ3) is 6.28. The second kappa shape index (κ2) is 13.7. The second-order valence-corrected chi connectivity index (χ2v) is 10.4. The lowest BCUT2D eigenvalue weighted by Gasteiger charge is -2.13. The molecule has 0 fully saturated rings. The van der Waals surface area contributed by atoms with Crippen LogP contribution in [0.15, 0.2) is 119 Å². The SMILES string of the molecule is CCOc1cc(C=Nc2oc(-c3ccc(OC)cc3)c(-c3ccc(OC)cc3)c2C#N)ccc1OCc1cccc2ccccc12. The summed E-state index contributed by atoms with van der Waals surface area (Å²) in [5, 5.41) is 12.6. The van der Waals surface area contributed by atoms with Crippen molar-refractivity contribution in [2.45, 2.75) is 13.5 Å². The fraction of sp³-hybridized carbons (Fsp3) is 0.128. The Kier molecular flexibility index (Phi) is 8.98. The van der Waals surface area contributed by atoms with E-state index < -0.39 is 0 Å². The van der Waals surface area contributed by atoms with Crippen LogP contribution < -0.4 is 18.9 Å². The fourth-order valence-electron chi connectivity index (χ4n) is 5.29. The van der Waals surface area contributed by atoms with Gasteiger partial charge in [-0.2, -0.15) is 5.26 Å². The Balaban J connectivity index is 1.33. The molecule has 0 spiro atoms. The highest BCUT2D eigenvalue weighted by Gasteiger charge is 2.23. The summed E-state index contributed by atoms with van der Waals surface area (Å²) in [4.78, 5) is 4.65. The number of furan rings is 1. The molecule has 6 aromatic rings. The Morgan fingerprint density at radius 2 is 1.46 bits per heavy atom. The molecule has 0 aliphatic heterocycles. The van der Waals surface area contributed by atoms with Crippen molar-refractivity contribution in [2.24, 2.45) is 4.99 Å². The smallest absolute Gasteiger partial charge is 0.238 e. The number of nitriles is 1. The first-order chi connectivity index (χ1) is 22.6. The summed E-state index contributed by atoms with van der Waals surface area (Å²) in [6.45, 7) is 2.80. The van der Waals surface area contributed by atoms with Crippen molar-refractivity contribution >= 4 is 22.9 Å². The number of hydrogen-bond donors (Lipinski definition) is 0. The molecule has 0 amide bonds. The molecule has 0 aliphatic rings. The van der Waals surface area contributed by atoms with Crippen LogP contribution in [-0.2, 0) is 6.61 Å². The zero-order chi connectivity index (χ0) is 31.9. The minimum Gasteiger partial charge on any atom is -0.497 e. The lowest BCUT2D eigenvalue weighted by atomic mass is 9.98. The van der Waals surface area contributed by atoms with E-state index in [1.165, 1.54) is 5.39 Å². The molecule has 7 nitrogen and oxygen atoms in total. The van der Waals surface area contributed by atoms with Crippen LogP contribution in [0, 0.1) is 11.3 Å². The standard InChI is InChI=1S/C39H32N2O5/c1-4-44-36-22-26(12-21-35(36)45-25-30-10-7-9-27-8-5-6-11-33(27)30)24-41-39-34(23-40)37(28-13-17-31(42-2)18-14-28)38(46-39)29-15-19-32(43-3)20-16-29/h5-22,24H,4,25H2,1-3H3. The van der Waals surface area contributed by atoms with Crippen LogP contribution in [0.3, 0.4) is 0 Å². The van der Waals surface area contributed by atoms with Gasteiger partial charge < -0.3 is 23.4 Å². The molecule has 0 saturated carbocycles. The molecule has 7 heteroatoms. The van der Waals surface area contributed by atoms with Crippen molar-refractivity contribution in [1.82, 2.24) is 0 Å². The average Bonchev–Trinajstić information content (AvgIpc) is 3.49. The molecule has 46 heavy (non-hydrogen) atoms. The van der Waals surface area contributed by atoms with Gasteiger partial charge in [-0.1, -0.05) is 54.6 Å². The zero-order valence-electron chi connectivity index (χ0n) is 25.8. The minimum atomic E-state index is 0.202. The van der Waals surface area contributed by atoms with E-state index in [0.29, 0.717) is 47.3 Å². The quantitative estimate of drug-likeness (QED) is 0.136. The first-order valence-electron chi connectivity index (χ1n) is 14.9. The molecule has 0 aliphatic carbocycles. The predicted octanol–water partition coefficient (Wildman–Crippen LogP) is 9.38. The molecular formula is C39H32N2O5. The lowest BCUT2D eigenvalue weighted by Crippen LogP contribution is -2.01. The van der Waals surface area contributed by atoms with E-state index >= 15 is 0 Å². The maximum absolute atomic E-state index is 10.3. The molecule has 1 aromatic heterocycles. The van der Waals surface area contributed by atoms with E-state index in [0.717, 1.165) is 33.4 Å². The van der Waals surface area contributed by atoms with Crippen molar-refractivity contribution in [3.05, 3.63) is 126 Å². The van der Waals surface area contributed by atoms with Crippen LogP contribution in [-0.4, -0.2) is 27.0 Å². The van der Waals surface area contributed by atoms with Gasteiger partial charge in [-0.3, -0.25) is 0 Å². The minimum absolute atomic E-state index is 0.202. The van der Waals surface area contributed by atoms with Gasteiger partial charge in [0.05, 0.1) is 20.8 Å². The zero-order valence-corrected chi connectivity index (χ0v) is 25.8. The van der Waals surface area contributed by atoms with Crippen LogP contribution in [0.1, 0.15) is 23.6 Å². The average molecular weight is 609 g/mol. The van der Waals surface area contributed by atoms with Crippen molar-refractivity contribution in [3.8, 4) is 51.5 Å². The first kappa shape index (κ1) is 30.0. The molecule has 0 unspecified atom stereocenters. The lowest BCUT2D eigenvalue weighted by molar-refractivity contribution is 0.270. The summed E-state index contributed by atoms with van der Waals surface area (Å²) in [7, 11) is 3.23. The van der Waals surface area contributed by atoms with Gasteiger partial charge >= 0.3 is 0 Å². The van der Waals surface area contributed by atoms with Gasteiger partial charge in [0.15, 0.2) is 11.5 Å². The summed E-state index contributed by atoms with van der Waals surface area (Å²) < 4.78 is 29.2. The number of fused-ring (bicyclic) bond motifs is 1. The highest BCUT2D eigenvalue weighted by Crippen LogP contribution is 2.43. The molecule has 228 valence electrons. The maximum Gasteiger partial charge on any atom is 0.238 e. The largest absolute Gasteiger partial charge is 0.497 e. The van der Waals surface area contributed by atoms with Crippen LogP contribution >= 0.6 is 0 Å². The third-order valence-corrected chi connectivity index (χ3v) is 7.59. The summed E-state index contributed by atoms with van der Waals surface area (Å²) in [6.07, 6.45) is 1.66. The number of methoxy groups -OCH3 is 2. The van der Waals surface area contributed by atoms with Gasteiger partial charge in [-0.25, -0.2) is 4.99 Å². The topological polar surface area (TPSA) is 86.2 Å². The molecular weight excluding hydrogens is 576 g/mol. The molecule has 0 saturated heterocycles. The number of nitrogens with zero attached hydrogens (tertiary/aromatic N) is 2. The molecule has 0 atom stereocenters. The molecule has 0 N–H and O–H groups in total. The number of aliphatic imine (C=N–C) groups is 1. The van der Waals surface area contributed by atoms with E-state index in [4.69, 9.17) is 23.4 Å². The van der Waals surface area contributed by atoms with Gasteiger partial charge in [-0.05, 0) is 89.0 Å². The fourth-order valence-corrected chi connectivity index (χ4v) is 5.29. The van der Waals surface area contributed by atoms with Crippen molar-refractivity contribution in [3.63, 3.8) is 0 Å². The highest BCUT2D eigenvalue weighted by atomic mass is 16.5.